The topological polar surface area (TPSA) is 390 Å². The van der Waals surface area contributed by atoms with Crippen molar-refractivity contribution in [2.45, 2.75) is 133 Å². The van der Waals surface area contributed by atoms with Crippen LogP contribution < -0.4 is 54.8 Å². The average Bonchev–Trinajstić information content (AvgIpc) is 4.05. The Bertz CT molecular complexity index is 2660. The van der Waals surface area contributed by atoms with Gasteiger partial charge in [0.05, 0.1) is 12.7 Å². The second-order valence-electron chi connectivity index (χ2n) is 18.3. The van der Waals surface area contributed by atoms with Crippen molar-refractivity contribution < 1.29 is 43.2 Å². The molecule has 2 aromatic heterocycles. The summed E-state index contributed by atoms with van der Waals surface area (Å²) in [4.78, 5) is 143. The van der Waals surface area contributed by atoms with Gasteiger partial charge in [0, 0.05) is 66.7 Å². The molecule has 0 spiro atoms. The molecule has 404 valence electrons. The van der Waals surface area contributed by atoms with Crippen molar-refractivity contribution in [1.82, 2.24) is 51.8 Å². The number of para-hydroxylation sites is 1. The molecule has 75 heavy (non-hydrogen) atoms. The molecule has 3 heterocycles. The number of aromatic amines is 2. The van der Waals surface area contributed by atoms with Gasteiger partial charge in [-0.3, -0.25) is 53.0 Å². The predicted octanol–water partition coefficient (Wildman–Crippen LogP) is -0.513. The first-order chi connectivity index (χ1) is 35.9. The highest BCUT2D eigenvalue weighted by molar-refractivity contribution is 6.30. The van der Waals surface area contributed by atoms with Crippen LogP contribution in [0.25, 0.3) is 10.9 Å². The zero-order chi connectivity index (χ0) is 54.6. The molecule has 25 heteroatoms. The fraction of sp³-hybridized carbons (Fsp3) is 0.460. The SMILES string of the molecule is CCCC[C@@H](C(N)=O)N(C(C)=O)C(=O)C[C@@H]1NC(=O)[C@H](CCCCN)NC(=O)[C@H](Cc2c[nH]c3ccccc23)NC(=O)[C@H](CCCN=C(N)N)NC(=O)[C@@H](Cc2ccc(Cl)cc2)NC(=O)[C@H](Cc2cnc[nH]2)NC1=O. The van der Waals surface area contributed by atoms with Gasteiger partial charge in [0.15, 0.2) is 5.96 Å². The number of aliphatic imine (C=N–C) groups is 1. The second-order valence-corrected chi connectivity index (χ2v) is 18.8. The van der Waals surface area contributed by atoms with E-state index in [9.17, 15) is 43.2 Å². The van der Waals surface area contributed by atoms with E-state index < -0.39 is 102 Å². The summed E-state index contributed by atoms with van der Waals surface area (Å²) in [6.07, 6.45) is 4.67. The fourth-order valence-corrected chi connectivity index (χ4v) is 8.76. The van der Waals surface area contributed by atoms with Crippen LogP contribution in [0.1, 0.15) is 88.5 Å². The third kappa shape index (κ3) is 17.4. The largest absolute Gasteiger partial charge is 0.370 e. The summed E-state index contributed by atoms with van der Waals surface area (Å²) in [6, 6.07) is 3.22. The van der Waals surface area contributed by atoms with Gasteiger partial charge < -0.3 is 64.8 Å². The average molecular weight is 1060 g/mol. The third-order valence-electron chi connectivity index (χ3n) is 12.6. The standard InChI is InChI=1S/C50H68ClN15O9/c1-3-4-14-41(43(53)69)66(28(2)67)42(68)24-40-49(75)64-39(23-32-26-56-27-59-32)48(74)62-37(21-29-15-17-31(51)18-16-29)46(72)61-36(13-9-20-57-50(54)55)45(71)63-38(22-30-25-58-34-11-6-5-10-33(30)34)47(73)60-35(44(70)65-40)12-7-8-19-52/h5-6,10-11,15-18,25-27,35-41,58H,3-4,7-9,12-14,19-24,52H2,1-2H3,(H2,53,69)(H,56,59)(H,60,73)(H,61,72)(H,62,74)(H,63,71)(H,64,75)(H,65,70)(H4,54,55,57)/t35-,36-,37+,38-,39-,40-,41-/m0/s1. The molecule has 0 radical (unpaired) electrons. The number of rotatable bonds is 21. The van der Waals surface area contributed by atoms with Crippen LogP contribution in [-0.2, 0) is 62.4 Å². The van der Waals surface area contributed by atoms with Crippen LogP contribution in [0.15, 0.2) is 72.2 Å². The van der Waals surface area contributed by atoms with E-state index in [0.29, 0.717) is 46.0 Å². The normalized spacial score (nSPS) is 20.5. The molecule has 2 aromatic carbocycles. The Morgan fingerprint density at radius 2 is 1.25 bits per heavy atom. The first kappa shape index (κ1) is 58.0. The molecule has 16 N–H and O–H groups in total. The van der Waals surface area contributed by atoms with Crippen LogP contribution in [0, 0.1) is 0 Å². The number of fused-ring (bicyclic) bond motifs is 1. The molecule has 0 aliphatic carbocycles. The van der Waals surface area contributed by atoms with E-state index in [1.54, 1.807) is 36.5 Å². The summed E-state index contributed by atoms with van der Waals surface area (Å²) in [7, 11) is 0. The molecule has 9 amide bonds. The van der Waals surface area contributed by atoms with Gasteiger partial charge in [-0.15, -0.1) is 0 Å². The number of hydrogen-bond acceptors (Lipinski definition) is 12. The van der Waals surface area contributed by atoms with Crippen LogP contribution in [0.3, 0.4) is 0 Å². The van der Waals surface area contributed by atoms with Gasteiger partial charge in [0.1, 0.15) is 42.3 Å². The van der Waals surface area contributed by atoms with Gasteiger partial charge in [-0.25, -0.2) is 4.98 Å². The number of aromatic nitrogens is 3. The van der Waals surface area contributed by atoms with Crippen molar-refractivity contribution in [3.05, 3.63) is 89.1 Å². The molecule has 0 unspecified atom stereocenters. The maximum absolute atomic E-state index is 14.8. The number of nitrogens with one attached hydrogen (secondary N) is 8. The Morgan fingerprint density at radius 3 is 1.83 bits per heavy atom. The molecular weight excluding hydrogens is 990 g/mol. The lowest BCUT2D eigenvalue weighted by Crippen LogP contribution is -2.62. The number of nitrogens with zero attached hydrogens (tertiary/aromatic N) is 3. The summed E-state index contributed by atoms with van der Waals surface area (Å²) in [5, 5.41) is 17.3. The van der Waals surface area contributed by atoms with Gasteiger partial charge >= 0.3 is 0 Å². The zero-order valence-electron chi connectivity index (χ0n) is 42.0. The van der Waals surface area contributed by atoms with Crippen LogP contribution >= 0.6 is 11.6 Å². The van der Waals surface area contributed by atoms with Crippen LogP contribution in [-0.4, -0.2) is 134 Å². The lowest BCUT2D eigenvalue weighted by molar-refractivity contribution is -0.151. The highest BCUT2D eigenvalue weighted by atomic mass is 35.5. The number of carbonyl (C=O) groups excluding carboxylic acids is 9. The number of H-pyrrole nitrogens is 2. The number of amides is 9. The Labute approximate surface area is 438 Å². The molecule has 4 aromatic rings. The molecule has 1 aliphatic heterocycles. The van der Waals surface area contributed by atoms with E-state index in [1.807, 2.05) is 25.1 Å². The quantitative estimate of drug-likeness (QED) is 0.0285. The monoisotopic (exact) mass is 1060 g/mol. The molecule has 24 nitrogen and oxygen atoms in total. The minimum absolute atomic E-state index is 0.0157. The third-order valence-corrected chi connectivity index (χ3v) is 12.8. The summed E-state index contributed by atoms with van der Waals surface area (Å²) in [5.74, 6) is -8.54. The van der Waals surface area contributed by atoms with Crippen molar-refractivity contribution in [2.24, 2.45) is 27.9 Å². The van der Waals surface area contributed by atoms with Gasteiger partial charge in [0.25, 0.3) is 0 Å². The maximum Gasteiger partial charge on any atom is 0.243 e. The fourth-order valence-electron chi connectivity index (χ4n) is 8.64. The highest BCUT2D eigenvalue weighted by Gasteiger charge is 2.39. The van der Waals surface area contributed by atoms with Crippen molar-refractivity contribution in [3.63, 3.8) is 0 Å². The molecule has 0 saturated carbocycles. The first-order valence-electron chi connectivity index (χ1n) is 24.8. The maximum atomic E-state index is 14.8. The minimum Gasteiger partial charge on any atom is -0.370 e. The number of halogens is 1. The number of guanidine groups is 1. The second kappa shape index (κ2) is 28.6. The molecular formula is C50H68ClN15O9. The van der Waals surface area contributed by atoms with E-state index in [0.717, 1.165) is 17.8 Å². The molecule has 7 atom stereocenters. The van der Waals surface area contributed by atoms with E-state index >= 15 is 0 Å². The van der Waals surface area contributed by atoms with Gasteiger partial charge in [-0.05, 0) is 74.4 Å². The van der Waals surface area contributed by atoms with E-state index in [2.05, 4.69) is 51.8 Å². The summed E-state index contributed by atoms with van der Waals surface area (Å²) in [6.45, 7) is 3.16. The zero-order valence-corrected chi connectivity index (χ0v) is 42.8. The van der Waals surface area contributed by atoms with Gasteiger partial charge in [-0.2, -0.15) is 0 Å². The van der Waals surface area contributed by atoms with Crippen molar-refractivity contribution in [1.29, 1.82) is 0 Å². The molecule has 1 fully saturated rings. The Balaban J connectivity index is 1.65. The lowest BCUT2D eigenvalue weighted by Gasteiger charge is -2.31. The van der Waals surface area contributed by atoms with Gasteiger partial charge in [0.2, 0.25) is 53.2 Å². The predicted molar refractivity (Wildman–Crippen MR) is 279 cm³/mol. The number of benzene rings is 2. The molecule has 1 aliphatic rings. The first-order valence-corrected chi connectivity index (χ1v) is 25.2. The Hall–Kier alpha value is -7.86. The van der Waals surface area contributed by atoms with Crippen LogP contribution in [0.5, 0.6) is 0 Å². The van der Waals surface area contributed by atoms with Crippen molar-refractivity contribution >= 4 is 81.6 Å². The van der Waals surface area contributed by atoms with Crippen molar-refractivity contribution in [2.75, 3.05) is 13.1 Å². The number of primary amides is 1. The minimum atomic E-state index is -1.87. The Morgan fingerprint density at radius 1 is 0.693 bits per heavy atom. The number of imidazole rings is 1. The smallest absolute Gasteiger partial charge is 0.243 e. The summed E-state index contributed by atoms with van der Waals surface area (Å²) < 4.78 is 0. The number of hydrogen-bond donors (Lipinski definition) is 12. The van der Waals surface area contributed by atoms with E-state index in [-0.39, 0.29) is 70.4 Å². The van der Waals surface area contributed by atoms with E-state index in [4.69, 9.17) is 34.5 Å². The van der Waals surface area contributed by atoms with Gasteiger partial charge in [-0.1, -0.05) is 61.7 Å². The molecule has 0 bridgehead atoms. The number of nitrogens with two attached hydrogens (primary N) is 4. The van der Waals surface area contributed by atoms with Crippen LogP contribution in [0.2, 0.25) is 5.02 Å². The summed E-state index contributed by atoms with van der Waals surface area (Å²) in [5.41, 5.74) is 24.9. The van der Waals surface area contributed by atoms with Crippen LogP contribution in [0.4, 0.5) is 0 Å². The van der Waals surface area contributed by atoms with Crippen molar-refractivity contribution in [3.8, 4) is 0 Å². The highest BCUT2D eigenvalue weighted by Crippen LogP contribution is 2.21. The molecule has 1 saturated heterocycles. The number of unbranched alkanes of at least 4 members (excludes halogenated alkanes) is 2. The Kier molecular flexibility index (Phi) is 22.1. The molecule has 5 rings (SSSR count). The lowest BCUT2D eigenvalue weighted by atomic mass is 10.0. The number of imide groups is 1. The van der Waals surface area contributed by atoms with E-state index in [1.165, 1.54) is 12.5 Å². The summed E-state index contributed by atoms with van der Waals surface area (Å²) >= 11 is 6.20. The number of carbonyl (C=O) groups is 9.